The van der Waals surface area contributed by atoms with E-state index < -0.39 is 5.60 Å². The molecule has 0 unspecified atom stereocenters. The average Bonchev–Trinajstić information content (AvgIpc) is 2.58. The van der Waals surface area contributed by atoms with E-state index in [2.05, 4.69) is 10.9 Å². The normalized spacial score (nSPS) is 15.7. The van der Waals surface area contributed by atoms with Gasteiger partial charge in [-0.3, -0.25) is 0 Å². The zero-order valence-electron chi connectivity index (χ0n) is 15.5. The number of carbonyl (C=O) groups is 1. The monoisotopic (exact) mass is 344 g/mol. The molecule has 1 saturated heterocycles. The Hall–Kier alpha value is -2.06. The number of amides is 1. The number of rotatable bonds is 5. The highest BCUT2D eigenvalue weighted by atomic mass is 16.6. The molecule has 0 bridgehead atoms. The maximum absolute atomic E-state index is 12.0. The highest BCUT2D eigenvalue weighted by Gasteiger charge is 2.26. The summed E-state index contributed by atoms with van der Waals surface area (Å²) in [6.45, 7) is 8.46. The molecule has 1 aromatic heterocycles. The number of hydrogen-bond acceptors (Lipinski definition) is 4. The van der Waals surface area contributed by atoms with E-state index in [0.29, 0.717) is 24.8 Å². The van der Waals surface area contributed by atoms with Crippen LogP contribution in [-0.2, 0) is 16.1 Å². The van der Waals surface area contributed by atoms with Crippen LogP contribution in [0.2, 0.25) is 0 Å². The lowest BCUT2D eigenvalue weighted by Crippen LogP contribution is -2.41. The summed E-state index contributed by atoms with van der Waals surface area (Å²) < 4.78 is 11.2. The Bertz CT molecular complexity index is 608. The van der Waals surface area contributed by atoms with E-state index in [1.54, 1.807) is 11.1 Å². The first-order chi connectivity index (χ1) is 11.9. The standard InChI is InChI=1S/C20H28N2O3/c1-5-18-14-17(6-10-21-18)15-24-13-9-16-7-11-22(12-8-16)19(23)25-20(2,3)4/h1,6,10,14,16H,7-9,11-13,15H2,2-4H3. The molecule has 1 aliphatic rings. The van der Waals surface area contributed by atoms with Crippen LogP contribution in [0.15, 0.2) is 18.3 Å². The van der Waals surface area contributed by atoms with Gasteiger partial charge in [-0.15, -0.1) is 6.42 Å². The van der Waals surface area contributed by atoms with E-state index >= 15 is 0 Å². The molecule has 136 valence electrons. The Morgan fingerprint density at radius 3 is 2.76 bits per heavy atom. The molecule has 0 N–H and O–H groups in total. The second kappa shape index (κ2) is 8.87. The van der Waals surface area contributed by atoms with Crippen molar-refractivity contribution in [1.29, 1.82) is 0 Å². The van der Waals surface area contributed by atoms with E-state index in [1.165, 1.54) is 0 Å². The summed E-state index contributed by atoms with van der Waals surface area (Å²) in [5, 5.41) is 0. The Balaban J connectivity index is 1.64. The number of piperidine rings is 1. The minimum atomic E-state index is -0.436. The maximum Gasteiger partial charge on any atom is 0.410 e. The van der Waals surface area contributed by atoms with Crippen LogP contribution in [0.1, 0.15) is 51.3 Å². The summed E-state index contributed by atoms with van der Waals surface area (Å²) in [6.07, 6.45) is 9.86. The van der Waals surface area contributed by atoms with Crippen LogP contribution in [0.25, 0.3) is 0 Å². The number of pyridine rings is 1. The van der Waals surface area contributed by atoms with Crippen molar-refractivity contribution in [1.82, 2.24) is 9.88 Å². The first kappa shape index (κ1) is 19.3. The number of terminal acetylenes is 1. The minimum absolute atomic E-state index is 0.204. The van der Waals surface area contributed by atoms with Crippen molar-refractivity contribution in [3.8, 4) is 12.3 Å². The molecule has 5 heteroatoms. The van der Waals surface area contributed by atoms with Gasteiger partial charge in [0.2, 0.25) is 0 Å². The third-order valence-electron chi connectivity index (χ3n) is 4.18. The molecule has 1 amide bonds. The van der Waals surface area contributed by atoms with Crippen LogP contribution in [0.5, 0.6) is 0 Å². The topological polar surface area (TPSA) is 51.7 Å². The largest absolute Gasteiger partial charge is 0.444 e. The molecule has 0 radical (unpaired) electrons. The highest BCUT2D eigenvalue weighted by Crippen LogP contribution is 2.22. The van der Waals surface area contributed by atoms with Crippen molar-refractivity contribution in [3.05, 3.63) is 29.6 Å². The van der Waals surface area contributed by atoms with E-state index in [9.17, 15) is 4.79 Å². The first-order valence-corrected chi connectivity index (χ1v) is 8.84. The van der Waals surface area contributed by atoms with Crippen molar-refractivity contribution in [2.24, 2.45) is 5.92 Å². The molecule has 0 atom stereocenters. The van der Waals surface area contributed by atoms with Crippen LogP contribution < -0.4 is 0 Å². The van der Waals surface area contributed by atoms with Crippen LogP contribution in [-0.4, -0.2) is 41.3 Å². The molecule has 1 aliphatic heterocycles. The predicted octanol–water partition coefficient (Wildman–Crippen LogP) is 3.62. The van der Waals surface area contributed by atoms with Gasteiger partial charge >= 0.3 is 6.09 Å². The molecule has 0 saturated carbocycles. The van der Waals surface area contributed by atoms with Crippen LogP contribution >= 0.6 is 0 Å². The zero-order valence-corrected chi connectivity index (χ0v) is 15.5. The van der Waals surface area contributed by atoms with Gasteiger partial charge in [0.15, 0.2) is 0 Å². The Morgan fingerprint density at radius 1 is 1.40 bits per heavy atom. The number of hydrogen-bond donors (Lipinski definition) is 0. The van der Waals surface area contributed by atoms with Gasteiger partial charge in [0.05, 0.1) is 6.61 Å². The molecule has 2 heterocycles. The van der Waals surface area contributed by atoms with Crippen molar-refractivity contribution in [3.63, 3.8) is 0 Å². The Labute approximate surface area is 150 Å². The number of ether oxygens (including phenoxy) is 2. The fourth-order valence-corrected chi connectivity index (χ4v) is 2.81. The van der Waals surface area contributed by atoms with E-state index in [0.717, 1.165) is 37.9 Å². The summed E-state index contributed by atoms with van der Waals surface area (Å²) in [5.41, 5.74) is 1.24. The van der Waals surface area contributed by atoms with Gasteiger partial charge in [-0.05, 0) is 63.6 Å². The Kier molecular flexibility index (Phi) is 6.83. The molecule has 0 aromatic carbocycles. The zero-order chi connectivity index (χ0) is 18.3. The lowest BCUT2D eigenvalue weighted by Gasteiger charge is -2.33. The predicted molar refractivity (Wildman–Crippen MR) is 97.0 cm³/mol. The summed E-state index contributed by atoms with van der Waals surface area (Å²) in [6, 6.07) is 3.79. The van der Waals surface area contributed by atoms with E-state index in [4.69, 9.17) is 15.9 Å². The molecule has 0 spiro atoms. The third kappa shape index (κ3) is 6.75. The van der Waals surface area contributed by atoms with Gasteiger partial charge in [-0.1, -0.05) is 5.92 Å². The molecule has 1 aromatic rings. The quantitative estimate of drug-likeness (QED) is 0.605. The molecule has 2 rings (SSSR count). The number of likely N-dealkylation sites (tertiary alicyclic amines) is 1. The van der Waals surface area contributed by atoms with Crippen LogP contribution in [0.3, 0.4) is 0 Å². The lowest BCUT2D eigenvalue weighted by molar-refractivity contribution is 0.0164. The van der Waals surface area contributed by atoms with Gasteiger partial charge in [0, 0.05) is 25.9 Å². The van der Waals surface area contributed by atoms with Crippen LogP contribution in [0.4, 0.5) is 4.79 Å². The van der Waals surface area contributed by atoms with E-state index in [1.807, 2.05) is 32.9 Å². The fourth-order valence-electron chi connectivity index (χ4n) is 2.81. The second-order valence-electron chi connectivity index (χ2n) is 7.45. The average molecular weight is 344 g/mol. The van der Waals surface area contributed by atoms with Gasteiger partial charge < -0.3 is 14.4 Å². The van der Waals surface area contributed by atoms with Crippen molar-refractivity contribution in [2.45, 2.75) is 52.2 Å². The third-order valence-corrected chi connectivity index (χ3v) is 4.18. The molecule has 5 nitrogen and oxygen atoms in total. The number of carbonyl (C=O) groups excluding carboxylic acids is 1. The lowest BCUT2D eigenvalue weighted by atomic mass is 9.94. The van der Waals surface area contributed by atoms with Crippen molar-refractivity contribution in [2.75, 3.05) is 19.7 Å². The molecule has 1 fully saturated rings. The number of aromatic nitrogens is 1. The van der Waals surface area contributed by atoms with Crippen LogP contribution in [0, 0.1) is 18.3 Å². The first-order valence-electron chi connectivity index (χ1n) is 8.84. The second-order valence-corrected chi connectivity index (χ2v) is 7.45. The summed E-state index contributed by atoms with van der Waals surface area (Å²) in [4.78, 5) is 17.9. The van der Waals surface area contributed by atoms with Crippen molar-refractivity contribution < 1.29 is 14.3 Å². The molecule has 25 heavy (non-hydrogen) atoms. The minimum Gasteiger partial charge on any atom is -0.444 e. The highest BCUT2D eigenvalue weighted by molar-refractivity contribution is 5.68. The van der Waals surface area contributed by atoms with E-state index in [-0.39, 0.29) is 6.09 Å². The SMILES string of the molecule is C#Cc1cc(COCCC2CCN(C(=O)OC(C)(C)C)CC2)ccn1. The molecule has 0 aliphatic carbocycles. The molecular weight excluding hydrogens is 316 g/mol. The smallest absolute Gasteiger partial charge is 0.410 e. The number of nitrogens with zero attached hydrogens (tertiary/aromatic N) is 2. The fraction of sp³-hybridized carbons (Fsp3) is 0.600. The summed E-state index contributed by atoms with van der Waals surface area (Å²) in [5.74, 6) is 3.12. The van der Waals surface area contributed by atoms with Gasteiger partial charge in [0.1, 0.15) is 11.3 Å². The molecular formula is C20H28N2O3. The summed E-state index contributed by atoms with van der Waals surface area (Å²) in [7, 11) is 0. The maximum atomic E-state index is 12.0. The summed E-state index contributed by atoms with van der Waals surface area (Å²) >= 11 is 0. The Morgan fingerprint density at radius 2 is 2.12 bits per heavy atom. The van der Waals surface area contributed by atoms with Gasteiger partial charge in [-0.2, -0.15) is 0 Å². The van der Waals surface area contributed by atoms with Gasteiger partial charge in [0.25, 0.3) is 0 Å². The van der Waals surface area contributed by atoms with Crippen molar-refractivity contribution >= 4 is 6.09 Å². The van der Waals surface area contributed by atoms with Gasteiger partial charge in [-0.25, -0.2) is 9.78 Å².